The van der Waals surface area contributed by atoms with Crippen molar-refractivity contribution in [3.05, 3.63) is 41.7 Å². The van der Waals surface area contributed by atoms with Crippen molar-refractivity contribution in [3.63, 3.8) is 0 Å². The van der Waals surface area contributed by atoms with Crippen LogP contribution in [0.4, 0.5) is 22.1 Å². The number of aromatic nitrogens is 2. The molecule has 1 aromatic carbocycles. The lowest BCUT2D eigenvalue weighted by Crippen LogP contribution is -2.49. The molecule has 1 aromatic heterocycles. The predicted octanol–water partition coefficient (Wildman–Crippen LogP) is 3.93. The number of ether oxygens (including phenoxy) is 1. The monoisotopic (exact) mass is 383 g/mol. The SMILES string of the molecule is CCOC(=O)N1CCN(c2cc(Nc3c(C)cccc3C(C)C)ncn2)CC1. The minimum absolute atomic E-state index is 0.243. The Balaban J connectivity index is 1.72. The molecular weight excluding hydrogens is 354 g/mol. The molecule has 3 rings (SSSR count). The normalized spacial score (nSPS) is 14.3. The van der Waals surface area contributed by atoms with Gasteiger partial charge in [-0.2, -0.15) is 0 Å². The largest absolute Gasteiger partial charge is 0.450 e. The minimum Gasteiger partial charge on any atom is -0.450 e. The van der Waals surface area contributed by atoms with Gasteiger partial charge >= 0.3 is 6.09 Å². The molecule has 1 aliphatic rings. The van der Waals surface area contributed by atoms with E-state index in [9.17, 15) is 4.79 Å². The maximum absolute atomic E-state index is 11.9. The highest BCUT2D eigenvalue weighted by Gasteiger charge is 2.23. The number of nitrogens with zero attached hydrogens (tertiary/aromatic N) is 4. The Kier molecular flexibility index (Phi) is 6.34. The van der Waals surface area contributed by atoms with Gasteiger partial charge in [0.2, 0.25) is 0 Å². The Labute approximate surface area is 166 Å². The molecule has 1 saturated heterocycles. The van der Waals surface area contributed by atoms with Crippen LogP contribution < -0.4 is 10.2 Å². The number of benzene rings is 1. The molecule has 0 bridgehead atoms. The number of para-hydroxylation sites is 1. The molecule has 0 aliphatic carbocycles. The summed E-state index contributed by atoms with van der Waals surface area (Å²) in [6.07, 6.45) is 1.34. The number of rotatable bonds is 5. The van der Waals surface area contributed by atoms with E-state index in [2.05, 4.69) is 59.2 Å². The first-order valence-corrected chi connectivity index (χ1v) is 9.84. The first kappa shape index (κ1) is 19.9. The molecule has 150 valence electrons. The number of aryl methyl sites for hydroxylation is 1. The van der Waals surface area contributed by atoms with E-state index in [4.69, 9.17) is 4.74 Å². The van der Waals surface area contributed by atoms with E-state index >= 15 is 0 Å². The van der Waals surface area contributed by atoms with Crippen molar-refractivity contribution < 1.29 is 9.53 Å². The van der Waals surface area contributed by atoms with Gasteiger partial charge in [0, 0.05) is 37.9 Å². The van der Waals surface area contributed by atoms with Crippen LogP contribution in [0.25, 0.3) is 0 Å². The van der Waals surface area contributed by atoms with Gasteiger partial charge in [-0.15, -0.1) is 0 Å². The van der Waals surface area contributed by atoms with E-state index in [0.29, 0.717) is 25.6 Å². The summed E-state index contributed by atoms with van der Waals surface area (Å²) in [6.45, 7) is 11.4. The van der Waals surface area contributed by atoms with E-state index in [1.165, 1.54) is 11.1 Å². The van der Waals surface area contributed by atoms with Crippen LogP contribution in [-0.2, 0) is 4.74 Å². The van der Waals surface area contributed by atoms with E-state index in [0.717, 1.165) is 30.4 Å². The van der Waals surface area contributed by atoms with Gasteiger partial charge in [0.05, 0.1) is 6.61 Å². The fourth-order valence-corrected chi connectivity index (χ4v) is 3.39. The molecule has 1 aliphatic heterocycles. The molecule has 1 amide bonds. The summed E-state index contributed by atoms with van der Waals surface area (Å²) in [4.78, 5) is 24.6. The zero-order valence-corrected chi connectivity index (χ0v) is 17.1. The highest BCUT2D eigenvalue weighted by molar-refractivity contribution is 5.69. The smallest absolute Gasteiger partial charge is 0.409 e. The molecule has 0 unspecified atom stereocenters. The fraction of sp³-hybridized carbons (Fsp3) is 0.476. The minimum atomic E-state index is -0.243. The van der Waals surface area contributed by atoms with Crippen LogP contribution in [0.1, 0.15) is 37.8 Å². The van der Waals surface area contributed by atoms with Crippen LogP contribution in [0.3, 0.4) is 0 Å². The molecule has 28 heavy (non-hydrogen) atoms. The number of nitrogens with one attached hydrogen (secondary N) is 1. The number of hydrogen-bond acceptors (Lipinski definition) is 6. The third-order valence-electron chi connectivity index (χ3n) is 4.96. The van der Waals surface area contributed by atoms with Crippen molar-refractivity contribution in [2.24, 2.45) is 0 Å². The van der Waals surface area contributed by atoms with E-state index in [1.807, 2.05) is 13.0 Å². The lowest BCUT2D eigenvalue weighted by molar-refractivity contribution is 0.105. The van der Waals surface area contributed by atoms with Gasteiger partial charge in [-0.1, -0.05) is 32.0 Å². The molecule has 0 saturated carbocycles. The number of anilines is 3. The number of piperazine rings is 1. The molecule has 7 heteroatoms. The molecule has 1 N–H and O–H groups in total. The maximum atomic E-state index is 11.9. The molecule has 7 nitrogen and oxygen atoms in total. The summed E-state index contributed by atoms with van der Waals surface area (Å²) in [7, 11) is 0. The van der Waals surface area contributed by atoms with E-state index < -0.39 is 0 Å². The number of amides is 1. The summed E-state index contributed by atoms with van der Waals surface area (Å²) in [5.41, 5.74) is 3.56. The molecule has 2 aromatic rings. The second kappa shape index (κ2) is 8.91. The van der Waals surface area contributed by atoms with Crippen molar-refractivity contribution in [2.75, 3.05) is 43.0 Å². The van der Waals surface area contributed by atoms with Crippen LogP contribution in [0.5, 0.6) is 0 Å². The Hall–Kier alpha value is -2.83. The van der Waals surface area contributed by atoms with E-state index in [-0.39, 0.29) is 6.09 Å². The van der Waals surface area contributed by atoms with Crippen LogP contribution in [0, 0.1) is 6.92 Å². The third-order valence-corrected chi connectivity index (χ3v) is 4.96. The second-order valence-electron chi connectivity index (χ2n) is 7.25. The van der Waals surface area contributed by atoms with Crippen molar-refractivity contribution in [2.45, 2.75) is 33.6 Å². The highest BCUT2D eigenvalue weighted by Crippen LogP contribution is 2.30. The molecule has 1 fully saturated rings. The van der Waals surface area contributed by atoms with Crippen LogP contribution in [0.15, 0.2) is 30.6 Å². The van der Waals surface area contributed by atoms with Gasteiger partial charge in [0.1, 0.15) is 18.0 Å². The van der Waals surface area contributed by atoms with Gasteiger partial charge in [0.15, 0.2) is 0 Å². The summed E-state index contributed by atoms with van der Waals surface area (Å²) < 4.78 is 5.08. The lowest BCUT2D eigenvalue weighted by atomic mass is 9.98. The standard InChI is InChI=1S/C21H29N5O2/c1-5-28-21(27)26-11-9-25(10-12-26)19-13-18(22-14-23-19)24-20-16(4)7-6-8-17(20)15(2)3/h6-8,13-15H,5,9-12H2,1-4H3,(H,22,23,24). The Bertz CT molecular complexity index is 816. The molecule has 0 radical (unpaired) electrons. The number of hydrogen-bond donors (Lipinski definition) is 1. The summed E-state index contributed by atoms with van der Waals surface area (Å²) in [5.74, 6) is 2.05. The van der Waals surface area contributed by atoms with Gasteiger partial charge in [-0.25, -0.2) is 14.8 Å². The van der Waals surface area contributed by atoms with Crippen molar-refractivity contribution in [1.82, 2.24) is 14.9 Å². The second-order valence-corrected chi connectivity index (χ2v) is 7.25. The first-order valence-electron chi connectivity index (χ1n) is 9.84. The maximum Gasteiger partial charge on any atom is 0.409 e. The van der Waals surface area contributed by atoms with Crippen LogP contribution >= 0.6 is 0 Å². The predicted molar refractivity (Wildman–Crippen MR) is 111 cm³/mol. The van der Waals surface area contributed by atoms with Crippen LogP contribution in [-0.4, -0.2) is 53.7 Å². The molecule has 0 spiro atoms. The summed E-state index contributed by atoms with van der Waals surface area (Å²) in [5, 5.41) is 3.48. The molecule has 0 atom stereocenters. The van der Waals surface area contributed by atoms with Gasteiger partial charge < -0.3 is 19.9 Å². The van der Waals surface area contributed by atoms with Gasteiger partial charge in [-0.05, 0) is 30.9 Å². The van der Waals surface area contributed by atoms with Gasteiger partial charge in [-0.3, -0.25) is 0 Å². The van der Waals surface area contributed by atoms with Gasteiger partial charge in [0.25, 0.3) is 0 Å². The topological polar surface area (TPSA) is 70.6 Å². The van der Waals surface area contributed by atoms with Crippen LogP contribution in [0.2, 0.25) is 0 Å². The highest BCUT2D eigenvalue weighted by atomic mass is 16.6. The average molecular weight is 383 g/mol. The van der Waals surface area contributed by atoms with E-state index in [1.54, 1.807) is 11.2 Å². The van der Waals surface area contributed by atoms with Crippen molar-refractivity contribution >= 4 is 23.4 Å². The molecule has 2 heterocycles. The quantitative estimate of drug-likeness (QED) is 0.844. The number of carbonyl (C=O) groups is 1. The van der Waals surface area contributed by atoms with Crippen molar-refractivity contribution in [1.29, 1.82) is 0 Å². The lowest BCUT2D eigenvalue weighted by Gasteiger charge is -2.34. The van der Waals surface area contributed by atoms with Crippen molar-refractivity contribution in [3.8, 4) is 0 Å². The Morgan fingerprint density at radius 1 is 1.21 bits per heavy atom. The zero-order valence-electron chi connectivity index (χ0n) is 17.1. The number of carbonyl (C=O) groups excluding carboxylic acids is 1. The first-order chi connectivity index (χ1) is 13.5. The molecular formula is C21H29N5O2. The third kappa shape index (κ3) is 4.52. The zero-order chi connectivity index (χ0) is 20.1. The average Bonchev–Trinajstić information content (AvgIpc) is 2.70. The Morgan fingerprint density at radius 2 is 1.96 bits per heavy atom. The Morgan fingerprint density at radius 3 is 2.64 bits per heavy atom. The summed E-state index contributed by atoms with van der Waals surface area (Å²) in [6, 6.07) is 8.31. The fourth-order valence-electron chi connectivity index (χ4n) is 3.39. The summed E-state index contributed by atoms with van der Waals surface area (Å²) >= 11 is 0.